The normalized spacial score (nSPS) is 18.3. The highest BCUT2D eigenvalue weighted by molar-refractivity contribution is 5.82. The van der Waals surface area contributed by atoms with Gasteiger partial charge in [0.25, 0.3) is 0 Å². The zero-order valence-corrected chi connectivity index (χ0v) is 24.9. The first-order valence-corrected chi connectivity index (χ1v) is 14.6. The van der Waals surface area contributed by atoms with Crippen molar-refractivity contribution >= 4 is 23.7 Å². The van der Waals surface area contributed by atoms with Crippen molar-refractivity contribution in [3.63, 3.8) is 0 Å². The maximum absolute atomic E-state index is 13.1. The Morgan fingerprint density at radius 1 is 1.09 bits per heavy atom. The van der Waals surface area contributed by atoms with E-state index in [4.69, 9.17) is 14.5 Å². The zero-order valence-electron chi connectivity index (χ0n) is 24.9. The van der Waals surface area contributed by atoms with E-state index in [0.29, 0.717) is 0 Å². The van der Waals surface area contributed by atoms with Crippen molar-refractivity contribution in [2.24, 2.45) is 10.4 Å². The molecular formula is C36H36N2O5. The molecule has 2 heterocycles. The summed E-state index contributed by atoms with van der Waals surface area (Å²) in [4.78, 5) is 30.6. The number of carbonyl (C=O) groups is 2. The first-order valence-electron chi connectivity index (χ1n) is 14.6. The number of carboxylic acid groups (broad SMARTS) is 1. The third-order valence-corrected chi connectivity index (χ3v) is 8.72. The van der Waals surface area contributed by atoms with Gasteiger partial charge in [0, 0.05) is 28.5 Å². The molecule has 220 valence electrons. The number of carbonyl (C=O) groups excluding carboxylic acids is 1. The summed E-state index contributed by atoms with van der Waals surface area (Å²) in [6, 6.07) is 18.4. The molecule has 3 aromatic carbocycles. The standard InChI is InChI=1S/C36H36N2O5/c1-6-35(2,3)32-27(25-15-16-30-26(31(25)38-32)17-18-36(4,5)43-30)19-29(33(39)40)37-34(41)42-20-28-23-13-9-7-11-21(23)22-12-8-10-14-24(22)28/h6-18,28-29,32H,1,19-20H2,2-5H3,(H,37,41)(H,39,40)/i33+1. The average Bonchev–Trinajstić information content (AvgIpc) is 3.51. The number of fused-ring (bicyclic) bond motifs is 6. The SMILES string of the molecule is C=CC(C)(C)C1N=c2c3c(ccc2=C1CC(NC(=O)OCC1c2ccccc2-c2ccccc21)[13C](=O)O)OC(C)(C)C=C3. The van der Waals surface area contributed by atoms with Crippen LogP contribution in [0.3, 0.4) is 0 Å². The number of ether oxygens (including phenoxy) is 2. The lowest BCUT2D eigenvalue weighted by Gasteiger charge is -2.29. The molecule has 43 heavy (non-hydrogen) atoms. The molecule has 7 heteroatoms. The second-order valence-corrected chi connectivity index (χ2v) is 12.6. The Balaban J connectivity index is 1.26. The first-order chi connectivity index (χ1) is 20.5. The zero-order chi connectivity index (χ0) is 30.5. The van der Waals surface area contributed by atoms with Gasteiger partial charge in [0.1, 0.15) is 24.0 Å². The number of carboxylic acids is 1. The molecule has 0 radical (unpaired) electrons. The summed E-state index contributed by atoms with van der Waals surface area (Å²) in [6.45, 7) is 12.1. The van der Waals surface area contributed by atoms with E-state index >= 15 is 0 Å². The molecule has 3 aliphatic rings. The third kappa shape index (κ3) is 5.13. The molecule has 0 saturated carbocycles. The van der Waals surface area contributed by atoms with E-state index in [1.807, 2.05) is 94.5 Å². The Hall–Kier alpha value is -4.65. The van der Waals surface area contributed by atoms with Crippen LogP contribution in [0.4, 0.5) is 4.79 Å². The fourth-order valence-corrected chi connectivity index (χ4v) is 6.34. The number of nitrogens with zero attached hydrogens (tertiary/aromatic N) is 1. The number of aliphatic carboxylic acids is 1. The maximum Gasteiger partial charge on any atom is 0.407 e. The van der Waals surface area contributed by atoms with Gasteiger partial charge in [-0.3, -0.25) is 4.99 Å². The molecule has 2 unspecified atom stereocenters. The lowest BCUT2D eigenvalue weighted by Crippen LogP contribution is -2.43. The van der Waals surface area contributed by atoms with Gasteiger partial charge >= 0.3 is 12.1 Å². The van der Waals surface area contributed by atoms with Crippen LogP contribution in [0.1, 0.15) is 56.7 Å². The third-order valence-electron chi connectivity index (χ3n) is 8.72. The van der Waals surface area contributed by atoms with Crippen LogP contribution in [0.15, 0.2) is 84.4 Å². The van der Waals surface area contributed by atoms with E-state index in [2.05, 4.69) is 24.0 Å². The van der Waals surface area contributed by atoms with Gasteiger partial charge in [0.05, 0.1) is 11.4 Å². The smallest absolute Gasteiger partial charge is 0.407 e. The van der Waals surface area contributed by atoms with Crippen LogP contribution in [-0.4, -0.2) is 41.5 Å². The number of amides is 1. The highest BCUT2D eigenvalue weighted by atomic mass is 16.6. The lowest BCUT2D eigenvalue weighted by molar-refractivity contribution is -0.139. The van der Waals surface area contributed by atoms with Gasteiger partial charge in [0.15, 0.2) is 0 Å². The predicted octanol–water partition coefficient (Wildman–Crippen LogP) is 5.62. The molecule has 0 spiro atoms. The molecule has 2 atom stereocenters. The van der Waals surface area contributed by atoms with Crippen molar-refractivity contribution in [1.29, 1.82) is 0 Å². The number of benzene rings is 3. The quantitative estimate of drug-likeness (QED) is 0.268. The molecular weight excluding hydrogens is 541 g/mol. The van der Waals surface area contributed by atoms with Gasteiger partial charge in [-0.2, -0.15) is 0 Å². The van der Waals surface area contributed by atoms with Gasteiger partial charge in [-0.1, -0.05) is 68.5 Å². The molecule has 0 saturated heterocycles. The van der Waals surface area contributed by atoms with Crippen molar-refractivity contribution in [2.45, 2.75) is 57.7 Å². The van der Waals surface area contributed by atoms with Gasteiger partial charge < -0.3 is 19.9 Å². The molecule has 0 bridgehead atoms. The summed E-state index contributed by atoms with van der Waals surface area (Å²) in [6.07, 6.45) is 5.14. The molecule has 2 aliphatic heterocycles. The first kappa shape index (κ1) is 28.5. The Kier molecular flexibility index (Phi) is 6.99. The van der Waals surface area contributed by atoms with Crippen molar-refractivity contribution in [2.75, 3.05) is 6.61 Å². The van der Waals surface area contributed by atoms with Crippen molar-refractivity contribution in [3.05, 3.63) is 107 Å². The fourth-order valence-electron chi connectivity index (χ4n) is 6.34. The van der Waals surface area contributed by atoms with Crippen molar-refractivity contribution < 1.29 is 24.2 Å². The van der Waals surface area contributed by atoms with Gasteiger partial charge in [-0.15, -0.1) is 6.58 Å². The molecule has 0 aromatic heterocycles. The second kappa shape index (κ2) is 10.6. The summed E-state index contributed by atoms with van der Waals surface area (Å²) < 4.78 is 11.8. The fraction of sp³-hybridized carbons (Fsp3) is 0.306. The van der Waals surface area contributed by atoms with E-state index < -0.39 is 29.1 Å². The number of hydrogen-bond acceptors (Lipinski definition) is 5. The molecule has 7 nitrogen and oxygen atoms in total. The van der Waals surface area contributed by atoms with Crippen LogP contribution < -0.4 is 20.6 Å². The largest absolute Gasteiger partial charge is 0.483 e. The number of alkyl carbamates (subject to hydrolysis) is 1. The van der Waals surface area contributed by atoms with Crippen molar-refractivity contribution in [1.82, 2.24) is 5.32 Å². The Bertz CT molecular complexity index is 1760. The number of rotatable bonds is 8. The second-order valence-electron chi connectivity index (χ2n) is 12.6. The van der Waals surface area contributed by atoms with Crippen molar-refractivity contribution in [3.8, 4) is 16.9 Å². The summed E-state index contributed by atoms with van der Waals surface area (Å²) in [5, 5.41) is 14.4. The van der Waals surface area contributed by atoms with E-state index in [1.54, 1.807) is 0 Å². The average molecular weight is 578 g/mol. The minimum Gasteiger partial charge on any atom is -0.483 e. The van der Waals surface area contributed by atoms with Crippen LogP contribution in [-0.2, 0) is 9.53 Å². The minimum absolute atomic E-state index is 0.0623. The monoisotopic (exact) mass is 577 g/mol. The van der Waals surface area contributed by atoms with Gasteiger partial charge in [0.2, 0.25) is 0 Å². The lowest BCUT2D eigenvalue weighted by atomic mass is 9.79. The highest BCUT2D eigenvalue weighted by Crippen LogP contribution is 2.44. The van der Waals surface area contributed by atoms with Crippen LogP contribution in [0.25, 0.3) is 22.8 Å². The van der Waals surface area contributed by atoms with E-state index in [9.17, 15) is 14.7 Å². The maximum atomic E-state index is 13.1. The molecule has 2 N–H and O–H groups in total. The summed E-state index contributed by atoms with van der Waals surface area (Å²) in [7, 11) is 0. The molecule has 3 aromatic rings. The number of hydrogen-bond donors (Lipinski definition) is 2. The molecule has 6 rings (SSSR count). The summed E-state index contributed by atoms with van der Waals surface area (Å²) >= 11 is 0. The summed E-state index contributed by atoms with van der Waals surface area (Å²) in [5.41, 5.74) is 5.21. The summed E-state index contributed by atoms with van der Waals surface area (Å²) in [5.74, 6) is -0.536. The molecule has 0 fully saturated rings. The Morgan fingerprint density at radius 3 is 2.37 bits per heavy atom. The highest BCUT2D eigenvalue weighted by Gasteiger charge is 2.37. The Labute approximate surface area is 251 Å². The van der Waals surface area contributed by atoms with Gasteiger partial charge in [-0.05, 0) is 66.0 Å². The number of nitrogens with one attached hydrogen (secondary N) is 1. The van der Waals surface area contributed by atoms with Crippen LogP contribution in [0, 0.1) is 5.41 Å². The van der Waals surface area contributed by atoms with E-state index in [1.165, 1.54) is 0 Å². The van der Waals surface area contributed by atoms with Gasteiger partial charge in [-0.25, -0.2) is 9.59 Å². The minimum atomic E-state index is -1.21. The van der Waals surface area contributed by atoms with E-state index in [-0.39, 0.29) is 25.0 Å². The topological polar surface area (TPSA) is 97.2 Å². The molecule has 1 aliphatic carbocycles. The molecule has 1 amide bonds. The van der Waals surface area contributed by atoms with Crippen LogP contribution >= 0.6 is 0 Å². The van der Waals surface area contributed by atoms with Crippen LogP contribution in [0.2, 0.25) is 0 Å². The van der Waals surface area contributed by atoms with Crippen LogP contribution in [0.5, 0.6) is 5.75 Å². The Morgan fingerprint density at radius 2 is 1.74 bits per heavy atom. The van der Waals surface area contributed by atoms with E-state index in [0.717, 1.165) is 49.7 Å². The predicted molar refractivity (Wildman–Crippen MR) is 166 cm³/mol.